The van der Waals surface area contributed by atoms with E-state index in [1.165, 1.54) is 0 Å². The number of hydrogen-bond acceptors (Lipinski definition) is 5. The molecule has 0 saturated carbocycles. The molecule has 0 saturated heterocycles. The molecular weight excluding hydrogens is 639 g/mol. The van der Waals surface area contributed by atoms with Crippen LogP contribution in [0.1, 0.15) is 0 Å². The van der Waals surface area contributed by atoms with Crippen LogP contribution in [0.3, 0.4) is 0 Å². The van der Waals surface area contributed by atoms with Gasteiger partial charge in [-0.05, 0) is 52.1 Å². The highest BCUT2D eigenvalue weighted by molar-refractivity contribution is 6.30. The van der Waals surface area contributed by atoms with E-state index in [9.17, 15) is 0 Å². The molecule has 0 N–H and O–H groups in total. The molecular formula is C47H27N3O2. The van der Waals surface area contributed by atoms with Crippen LogP contribution in [-0.4, -0.2) is 15.0 Å². The fourth-order valence-corrected chi connectivity index (χ4v) is 7.74. The molecule has 0 radical (unpaired) electrons. The normalized spacial score (nSPS) is 11.8. The monoisotopic (exact) mass is 665 g/mol. The minimum Gasteiger partial charge on any atom is -0.455 e. The number of aromatic nitrogens is 3. The van der Waals surface area contributed by atoms with E-state index >= 15 is 0 Å². The summed E-state index contributed by atoms with van der Waals surface area (Å²) < 4.78 is 13.1. The summed E-state index contributed by atoms with van der Waals surface area (Å²) in [5.41, 5.74) is 8.17. The molecule has 0 unspecified atom stereocenters. The zero-order valence-corrected chi connectivity index (χ0v) is 27.7. The molecule has 0 atom stereocenters. The highest BCUT2D eigenvalue weighted by atomic mass is 16.3. The van der Waals surface area contributed by atoms with Crippen LogP contribution < -0.4 is 0 Å². The largest absolute Gasteiger partial charge is 0.455 e. The van der Waals surface area contributed by atoms with Gasteiger partial charge in [-0.3, -0.25) is 0 Å². The minimum atomic E-state index is 0.581. The highest BCUT2D eigenvalue weighted by Gasteiger charge is 2.22. The third-order valence-corrected chi connectivity index (χ3v) is 10.1. The number of hydrogen-bond donors (Lipinski definition) is 0. The summed E-state index contributed by atoms with van der Waals surface area (Å²) in [7, 11) is 0. The van der Waals surface area contributed by atoms with Gasteiger partial charge < -0.3 is 8.83 Å². The molecule has 242 valence electrons. The Morgan fingerprint density at radius 1 is 0.308 bits per heavy atom. The number of rotatable bonds is 4. The van der Waals surface area contributed by atoms with Gasteiger partial charge in [0.2, 0.25) is 0 Å². The Hall–Kier alpha value is -7.11. The molecule has 0 amide bonds. The van der Waals surface area contributed by atoms with Gasteiger partial charge in [0.15, 0.2) is 17.5 Å². The first-order valence-corrected chi connectivity index (χ1v) is 17.4. The lowest BCUT2D eigenvalue weighted by molar-refractivity contribution is 0.670. The maximum Gasteiger partial charge on any atom is 0.164 e. The van der Waals surface area contributed by atoms with Gasteiger partial charge in [-0.1, -0.05) is 133 Å². The molecule has 0 spiro atoms. The SMILES string of the molecule is c1ccc(-c2nc(-c3ccc4c5ccccc5c5oc6ccccc6c5c4c3)nc(-c3ccc(-c4ccccc4)c4oc5ccccc5c34)n2)cc1. The van der Waals surface area contributed by atoms with E-state index in [-0.39, 0.29) is 0 Å². The Bertz CT molecular complexity index is 3180. The third-order valence-electron chi connectivity index (χ3n) is 10.1. The predicted octanol–water partition coefficient (Wildman–Crippen LogP) is 12.6. The zero-order chi connectivity index (χ0) is 34.2. The van der Waals surface area contributed by atoms with Gasteiger partial charge in [-0.2, -0.15) is 0 Å². The first-order valence-electron chi connectivity index (χ1n) is 17.4. The number of fused-ring (bicyclic) bond motifs is 11. The fraction of sp³-hybridized carbons (Fsp3) is 0. The molecule has 0 aliphatic rings. The van der Waals surface area contributed by atoms with Crippen molar-refractivity contribution in [1.82, 2.24) is 15.0 Å². The number of nitrogens with zero attached hydrogens (tertiary/aromatic N) is 3. The topological polar surface area (TPSA) is 65.0 Å². The molecule has 8 aromatic carbocycles. The van der Waals surface area contributed by atoms with Crippen molar-refractivity contribution < 1.29 is 8.83 Å². The maximum atomic E-state index is 6.60. The standard InChI is InChI=1S/C47H27N3O2/c1-3-13-28(14-4-1)31-25-26-37(41-35-19-9-11-21-39(35)51-43(31)41)47-49-45(29-15-5-2-6-16-29)48-46(50-47)30-23-24-33-32-17-7-8-18-34(32)44-42(38(33)27-30)36-20-10-12-22-40(36)52-44/h1-27H. The van der Waals surface area contributed by atoms with E-state index < -0.39 is 0 Å². The quantitative estimate of drug-likeness (QED) is 0.175. The van der Waals surface area contributed by atoms with E-state index in [0.717, 1.165) is 93.2 Å². The lowest BCUT2D eigenvalue weighted by Crippen LogP contribution is -2.00. The van der Waals surface area contributed by atoms with Crippen LogP contribution in [0.5, 0.6) is 0 Å². The zero-order valence-electron chi connectivity index (χ0n) is 27.7. The first kappa shape index (κ1) is 28.7. The second-order valence-corrected chi connectivity index (χ2v) is 13.1. The lowest BCUT2D eigenvalue weighted by Gasteiger charge is -2.12. The third kappa shape index (κ3) is 4.33. The number of benzene rings is 8. The predicted molar refractivity (Wildman–Crippen MR) is 211 cm³/mol. The average molecular weight is 666 g/mol. The molecule has 5 nitrogen and oxygen atoms in total. The van der Waals surface area contributed by atoms with E-state index in [1.807, 2.05) is 66.7 Å². The highest BCUT2D eigenvalue weighted by Crippen LogP contribution is 2.44. The van der Waals surface area contributed by atoms with E-state index in [2.05, 4.69) is 97.1 Å². The van der Waals surface area contributed by atoms with Crippen molar-refractivity contribution in [1.29, 1.82) is 0 Å². The average Bonchev–Trinajstić information content (AvgIpc) is 3.81. The van der Waals surface area contributed by atoms with Gasteiger partial charge in [0.1, 0.15) is 22.3 Å². The van der Waals surface area contributed by atoms with Gasteiger partial charge in [0.05, 0.1) is 0 Å². The summed E-state index contributed by atoms with van der Waals surface area (Å²) in [6.45, 7) is 0. The number of furan rings is 2. The Morgan fingerprint density at radius 3 is 1.56 bits per heavy atom. The van der Waals surface area contributed by atoms with Crippen LogP contribution in [0.2, 0.25) is 0 Å². The molecule has 11 aromatic rings. The summed E-state index contributed by atoms with van der Waals surface area (Å²) in [5, 5.41) is 8.65. The molecule has 3 aromatic heterocycles. The second kappa shape index (κ2) is 11.2. The van der Waals surface area contributed by atoms with Crippen LogP contribution in [0.15, 0.2) is 173 Å². The van der Waals surface area contributed by atoms with Crippen LogP contribution in [0, 0.1) is 0 Å². The van der Waals surface area contributed by atoms with Crippen molar-refractivity contribution >= 4 is 65.4 Å². The van der Waals surface area contributed by atoms with Crippen molar-refractivity contribution in [2.45, 2.75) is 0 Å². The Labute approximate surface area is 297 Å². The molecule has 0 fully saturated rings. The van der Waals surface area contributed by atoms with E-state index in [1.54, 1.807) is 0 Å². The van der Waals surface area contributed by atoms with Gasteiger partial charge >= 0.3 is 0 Å². The molecule has 11 rings (SSSR count). The van der Waals surface area contributed by atoms with E-state index in [4.69, 9.17) is 23.8 Å². The Balaban J connectivity index is 1.20. The van der Waals surface area contributed by atoms with Gasteiger partial charge in [-0.25, -0.2) is 15.0 Å². The molecule has 0 aliphatic heterocycles. The van der Waals surface area contributed by atoms with Crippen molar-refractivity contribution in [2.75, 3.05) is 0 Å². The van der Waals surface area contributed by atoms with Crippen molar-refractivity contribution in [3.8, 4) is 45.3 Å². The van der Waals surface area contributed by atoms with Crippen LogP contribution >= 0.6 is 0 Å². The summed E-state index contributed by atoms with van der Waals surface area (Å²) in [5.74, 6) is 1.77. The van der Waals surface area contributed by atoms with E-state index in [0.29, 0.717) is 17.5 Å². The summed E-state index contributed by atoms with van der Waals surface area (Å²) in [6.07, 6.45) is 0. The van der Waals surface area contributed by atoms with Gasteiger partial charge in [-0.15, -0.1) is 0 Å². The molecule has 3 heterocycles. The number of para-hydroxylation sites is 2. The first-order chi connectivity index (χ1) is 25.8. The molecule has 0 aliphatic carbocycles. The fourth-order valence-electron chi connectivity index (χ4n) is 7.74. The second-order valence-electron chi connectivity index (χ2n) is 13.1. The van der Waals surface area contributed by atoms with Crippen LogP contribution in [-0.2, 0) is 0 Å². The Kier molecular flexibility index (Phi) is 6.18. The molecule has 5 heteroatoms. The molecule has 52 heavy (non-hydrogen) atoms. The molecule has 0 bridgehead atoms. The Morgan fingerprint density at radius 2 is 0.827 bits per heavy atom. The van der Waals surface area contributed by atoms with Crippen molar-refractivity contribution in [2.24, 2.45) is 0 Å². The summed E-state index contributed by atoms with van der Waals surface area (Å²) in [6, 6.07) is 56.1. The minimum absolute atomic E-state index is 0.581. The van der Waals surface area contributed by atoms with Gasteiger partial charge in [0, 0.05) is 49.2 Å². The lowest BCUT2D eigenvalue weighted by atomic mass is 9.95. The summed E-state index contributed by atoms with van der Waals surface area (Å²) in [4.78, 5) is 15.5. The summed E-state index contributed by atoms with van der Waals surface area (Å²) >= 11 is 0. The van der Waals surface area contributed by atoms with Gasteiger partial charge in [0.25, 0.3) is 0 Å². The van der Waals surface area contributed by atoms with Crippen molar-refractivity contribution in [3.63, 3.8) is 0 Å². The smallest absolute Gasteiger partial charge is 0.164 e. The van der Waals surface area contributed by atoms with Crippen LogP contribution in [0.25, 0.3) is 111 Å². The van der Waals surface area contributed by atoms with Crippen molar-refractivity contribution in [3.05, 3.63) is 164 Å². The van der Waals surface area contributed by atoms with Crippen LogP contribution in [0.4, 0.5) is 0 Å². The maximum absolute atomic E-state index is 6.60.